The van der Waals surface area contributed by atoms with Crippen molar-refractivity contribution in [1.82, 2.24) is 9.97 Å². The van der Waals surface area contributed by atoms with E-state index in [2.05, 4.69) is 9.97 Å². The zero-order chi connectivity index (χ0) is 19.9. The summed E-state index contributed by atoms with van der Waals surface area (Å²) >= 11 is 0. The average molecular weight is 375 g/mol. The minimum absolute atomic E-state index is 0.0855. The molecule has 2 N–H and O–H groups in total. The number of hydrogen-bond acceptors (Lipinski definition) is 6. The lowest BCUT2D eigenvalue weighted by Crippen LogP contribution is -2.06. The number of aliphatic hydroxyl groups is 1. The van der Waals surface area contributed by atoms with Crippen molar-refractivity contribution < 1.29 is 19.4 Å². The minimum Gasteiger partial charge on any atom is -0.507 e. The Labute approximate surface area is 161 Å². The SMILES string of the molecule is COc1ccccc1C=CC(=O)OC/C(O)=C(\C#N)c1nc2ccccc2[nH]1. The second kappa shape index (κ2) is 8.56. The van der Waals surface area contributed by atoms with Gasteiger partial charge in [-0.1, -0.05) is 30.3 Å². The predicted molar refractivity (Wildman–Crippen MR) is 104 cm³/mol. The number of imidazole rings is 1. The van der Waals surface area contributed by atoms with Crippen molar-refractivity contribution in [3.63, 3.8) is 0 Å². The van der Waals surface area contributed by atoms with Crippen LogP contribution in [-0.2, 0) is 9.53 Å². The third-order valence-electron chi connectivity index (χ3n) is 3.92. The zero-order valence-corrected chi connectivity index (χ0v) is 15.0. The maximum Gasteiger partial charge on any atom is 0.331 e. The first kappa shape index (κ1) is 18.7. The van der Waals surface area contributed by atoms with Crippen LogP contribution in [0.15, 0.2) is 60.4 Å². The van der Waals surface area contributed by atoms with E-state index in [0.717, 1.165) is 5.52 Å². The monoisotopic (exact) mass is 375 g/mol. The van der Waals surface area contributed by atoms with Crippen molar-refractivity contribution in [3.8, 4) is 11.8 Å². The summed E-state index contributed by atoms with van der Waals surface area (Å²) in [5.41, 5.74) is 2.02. The molecule has 0 bridgehead atoms. The van der Waals surface area contributed by atoms with Crippen molar-refractivity contribution in [2.45, 2.75) is 0 Å². The highest BCUT2D eigenvalue weighted by molar-refractivity contribution is 5.88. The first-order chi connectivity index (χ1) is 13.6. The Bertz CT molecular complexity index is 1070. The van der Waals surface area contributed by atoms with E-state index in [1.54, 1.807) is 30.3 Å². The van der Waals surface area contributed by atoms with Gasteiger partial charge in [0.2, 0.25) is 0 Å². The fourth-order valence-corrected chi connectivity index (χ4v) is 2.55. The predicted octanol–water partition coefficient (Wildman–Crippen LogP) is 3.62. The van der Waals surface area contributed by atoms with Gasteiger partial charge in [-0.05, 0) is 24.3 Å². The molecule has 1 heterocycles. The molecular weight excluding hydrogens is 358 g/mol. The van der Waals surface area contributed by atoms with Crippen LogP contribution in [0.5, 0.6) is 5.75 Å². The molecule has 0 radical (unpaired) electrons. The molecule has 3 aromatic rings. The molecule has 7 heteroatoms. The summed E-state index contributed by atoms with van der Waals surface area (Å²) in [6.07, 6.45) is 2.77. The molecule has 0 aliphatic heterocycles. The Morgan fingerprint density at radius 1 is 1.25 bits per heavy atom. The number of allylic oxidation sites excluding steroid dienone is 1. The fraction of sp³-hybridized carbons (Fsp3) is 0.0952. The van der Waals surface area contributed by atoms with Crippen molar-refractivity contribution in [3.05, 3.63) is 71.8 Å². The Morgan fingerprint density at radius 2 is 2.00 bits per heavy atom. The fourth-order valence-electron chi connectivity index (χ4n) is 2.55. The van der Waals surface area contributed by atoms with Gasteiger partial charge in [-0.2, -0.15) is 5.26 Å². The molecule has 0 saturated heterocycles. The van der Waals surface area contributed by atoms with Gasteiger partial charge in [0.05, 0.1) is 18.1 Å². The van der Waals surface area contributed by atoms with E-state index in [1.165, 1.54) is 13.2 Å². The molecule has 0 fully saturated rings. The number of carbonyl (C=O) groups is 1. The number of aromatic amines is 1. The van der Waals surface area contributed by atoms with E-state index in [9.17, 15) is 15.2 Å². The van der Waals surface area contributed by atoms with Crippen molar-refractivity contribution in [1.29, 1.82) is 5.26 Å². The molecule has 140 valence electrons. The molecule has 0 amide bonds. The maximum absolute atomic E-state index is 11.9. The quantitative estimate of drug-likeness (QED) is 0.295. The number of fused-ring (bicyclic) bond motifs is 1. The number of aromatic nitrogens is 2. The highest BCUT2D eigenvalue weighted by Crippen LogP contribution is 2.20. The molecule has 0 spiro atoms. The van der Waals surface area contributed by atoms with Crippen LogP contribution in [0.25, 0.3) is 22.7 Å². The van der Waals surface area contributed by atoms with Gasteiger partial charge < -0.3 is 19.6 Å². The molecular formula is C21H17N3O4. The van der Waals surface area contributed by atoms with Crippen LogP contribution in [0.2, 0.25) is 0 Å². The van der Waals surface area contributed by atoms with Gasteiger partial charge in [-0.3, -0.25) is 0 Å². The lowest BCUT2D eigenvalue weighted by Gasteiger charge is -2.04. The Hall–Kier alpha value is -4.05. The Balaban J connectivity index is 1.70. The van der Waals surface area contributed by atoms with Gasteiger partial charge in [0.1, 0.15) is 24.0 Å². The topological polar surface area (TPSA) is 108 Å². The van der Waals surface area contributed by atoms with Gasteiger partial charge in [-0.25, -0.2) is 9.78 Å². The molecule has 2 aromatic carbocycles. The average Bonchev–Trinajstić information content (AvgIpc) is 3.15. The number of H-pyrrole nitrogens is 1. The second-order valence-electron chi connectivity index (χ2n) is 5.72. The number of hydrogen-bond donors (Lipinski definition) is 2. The van der Waals surface area contributed by atoms with Crippen LogP contribution < -0.4 is 4.74 Å². The molecule has 28 heavy (non-hydrogen) atoms. The van der Waals surface area contributed by atoms with Crippen LogP contribution in [0.1, 0.15) is 11.4 Å². The van der Waals surface area contributed by atoms with E-state index in [-0.39, 0.29) is 17.2 Å². The summed E-state index contributed by atoms with van der Waals surface area (Å²) in [6, 6.07) is 16.3. The van der Waals surface area contributed by atoms with Crippen LogP contribution >= 0.6 is 0 Å². The summed E-state index contributed by atoms with van der Waals surface area (Å²) < 4.78 is 10.2. The van der Waals surface area contributed by atoms with E-state index in [0.29, 0.717) is 16.8 Å². The summed E-state index contributed by atoms with van der Waals surface area (Å²) in [4.78, 5) is 19.1. The zero-order valence-electron chi connectivity index (χ0n) is 15.0. The van der Waals surface area contributed by atoms with Gasteiger partial charge in [0, 0.05) is 11.6 Å². The number of rotatable bonds is 6. The standard InChI is InChI=1S/C21H17N3O4/c1-27-19-9-5-2-6-14(19)10-11-20(26)28-13-18(25)15(12-22)21-23-16-7-3-4-8-17(16)24-21/h2-11,25H,13H2,1H3,(H,23,24)/b11-10?,18-15-. The Kier molecular flexibility index (Phi) is 5.72. The smallest absolute Gasteiger partial charge is 0.331 e. The van der Waals surface area contributed by atoms with E-state index in [4.69, 9.17) is 9.47 Å². The molecule has 0 atom stereocenters. The summed E-state index contributed by atoms with van der Waals surface area (Å²) in [5, 5.41) is 19.5. The second-order valence-corrected chi connectivity index (χ2v) is 5.72. The molecule has 1 aromatic heterocycles. The molecule has 0 aliphatic carbocycles. The highest BCUT2D eigenvalue weighted by atomic mass is 16.5. The number of benzene rings is 2. The van der Waals surface area contributed by atoms with Gasteiger partial charge in [0.15, 0.2) is 11.6 Å². The molecule has 7 nitrogen and oxygen atoms in total. The third-order valence-corrected chi connectivity index (χ3v) is 3.92. The number of nitrogens with zero attached hydrogens (tertiary/aromatic N) is 2. The van der Waals surface area contributed by atoms with Crippen LogP contribution in [0.4, 0.5) is 0 Å². The number of ether oxygens (including phenoxy) is 2. The molecule has 0 unspecified atom stereocenters. The Morgan fingerprint density at radius 3 is 2.75 bits per heavy atom. The lowest BCUT2D eigenvalue weighted by molar-refractivity contribution is -0.137. The van der Waals surface area contributed by atoms with Gasteiger partial charge in [-0.15, -0.1) is 0 Å². The van der Waals surface area contributed by atoms with E-state index >= 15 is 0 Å². The number of nitriles is 1. The first-order valence-corrected chi connectivity index (χ1v) is 8.37. The molecule has 3 rings (SSSR count). The number of aliphatic hydroxyl groups excluding tert-OH is 1. The molecule has 0 aliphatic rings. The van der Waals surface area contributed by atoms with Gasteiger partial charge in [0.25, 0.3) is 0 Å². The summed E-state index contributed by atoms with van der Waals surface area (Å²) in [5.74, 6) is -0.229. The van der Waals surface area contributed by atoms with E-state index < -0.39 is 12.6 Å². The van der Waals surface area contributed by atoms with Crippen molar-refractivity contribution in [2.24, 2.45) is 0 Å². The minimum atomic E-state index is -0.667. The first-order valence-electron chi connectivity index (χ1n) is 8.37. The van der Waals surface area contributed by atoms with E-state index in [1.807, 2.05) is 30.3 Å². The number of methoxy groups -OCH3 is 1. The van der Waals surface area contributed by atoms with Crippen LogP contribution in [0, 0.1) is 11.3 Å². The lowest BCUT2D eigenvalue weighted by atomic mass is 10.2. The summed E-state index contributed by atoms with van der Waals surface area (Å²) in [7, 11) is 1.54. The third kappa shape index (κ3) is 4.19. The number of nitrogens with one attached hydrogen (secondary N) is 1. The van der Waals surface area contributed by atoms with Crippen molar-refractivity contribution in [2.75, 3.05) is 13.7 Å². The molecule has 0 saturated carbocycles. The number of para-hydroxylation sites is 3. The summed E-state index contributed by atoms with van der Waals surface area (Å²) in [6.45, 7) is -0.449. The largest absolute Gasteiger partial charge is 0.507 e. The van der Waals surface area contributed by atoms with Gasteiger partial charge >= 0.3 is 5.97 Å². The van der Waals surface area contributed by atoms with Crippen molar-refractivity contribution >= 4 is 28.7 Å². The number of carbonyl (C=O) groups excluding carboxylic acids is 1. The van der Waals surface area contributed by atoms with Crippen LogP contribution in [0.3, 0.4) is 0 Å². The van der Waals surface area contributed by atoms with Crippen LogP contribution in [-0.4, -0.2) is 34.8 Å². The normalized spacial score (nSPS) is 11.9. The maximum atomic E-state index is 11.9. The number of esters is 1. The highest BCUT2D eigenvalue weighted by Gasteiger charge is 2.14.